The Kier molecular flexibility index (Phi) is 4.84. The summed E-state index contributed by atoms with van der Waals surface area (Å²) in [4.78, 5) is 10.5. The zero-order valence-electron chi connectivity index (χ0n) is 13.0. The van der Waals surface area contributed by atoms with E-state index in [0.717, 1.165) is 12.8 Å². The number of aryl methyl sites for hydroxylation is 1. The molecule has 8 heteroatoms. The average Bonchev–Trinajstić information content (AvgIpc) is 2.90. The van der Waals surface area contributed by atoms with Crippen LogP contribution in [0.2, 0.25) is 0 Å². The predicted molar refractivity (Wildman–Crippen MR) is 83.4 cm³/mol. The maximum atomic E-state index is 12.9. The highest BCUT2D eigenvalue weighted by molar-refractivity contribution is 7.89. The lowest BCUT2D eigenvalue weighted by molar-refractivity contribution is -0.385. The van der Waals surface area contributed by atoms with Gasteiger partial charge in [0.05, 0.1) is 9.82 Å². The molecular formula is C14H21N3O4S. The van der Waals surface area contributed by atoms with Crippen LogP contribution in [0.5, 0.6) is 0 Å². The standard InChI is InChI=1S/C14H21N3O4S/c1-10-7-13(17(18)19)8-14(11(10)2)22(20,21)16-6-4-5-12(16)9-15-3/h7-8,12,15H,4-6,9H2,1-3H3. The summed E-state index contributed by atoms with van der Waals surface area (Å²) in [6.07, 6.45) is 1.60. The van der Waals surface area contributed by atoms with Gasteiger partial charge in [0.2, 0.25) is 10.0 Å². The first kappa shape index (κ1) is 16.9. The van der Waals surface area contributed by atoms with Gasteiger partial charge in [-0.15, -0.1) is 0 Å². The summed E-state index contributed by atoms with van der Waals surface area (Å²) in [5.74, 6) is 0. The molecule has 122 valence electrons. The Balaban J connectivity index is 2.51. The van der Waals surface area contributed by atoms with E-state index in [4.69, 9.17) is 0 Å². The molecule has 0 bridgehead atoms. The van der Waals surface area contributed by atoms with E-state index < -0.39 is 14.9 Å². The molecule has 0 saturated carbocycles. The normalized spacial score (nSPS) is 19.5. The summed E-state index contributed by atoms with van der Waals surface area (Å²) >= 11 is 0. The molecule has 0 spiro atoms. The molecule has 2 rings (SSSR count). The molecule has 0 radical (unpaired) electrons. The second-order valence-electron chi connectivity index (χ2n) is 5.61. The van der Waals surface area contributed by atoms with Crippen LogP contribution < -0.4 is 5.32 Å². The Hall–Kier alpha value is -1.51. The Morgan fingerprint density at radius 1 is 1.41 bits per heavy atom. The molecule has 1 aromatic rings. The summed E-state index contributed by atoms with van der Waals surface area (Å²) < 4.78 is 27.4. The second kappa shape index (κ2) is 6.31. The molecular weight excluding hydrogens is 306 g/mol. The molecule has 0 aliphatic carbocycles. The maximum Gasteiger partial charge on any atom is 0.271 e. The quantitative estimate of drug-likeness (QED) is 0.655. The number of benzene rings is 1. The third-order valence-corrected chi connectivity index (χ3v) is 6.24. The van der Waals surface area contributed by atoms with E-state index in [2.05, 4.69) is 5.32 Å². The van der Waals surface area contributed by atoms with E-state index in [1.807, 2.05) is 0 Å². The smallest absolute Gasteiger partial charge is 0.271 e. The van der Waals surface area contributed by atoms with Gasteiger partial charge in [0.1, 0.15) is 0 Å². The first-order chi connectivity index (χ1) is 10.3. The molecule has 1 aliphatic heterocycles. The van der Waals surface area contributed by atoms with Crippen molar-refractivity contribution in [2.75, 3.05) is 20.1 Å². The van der Waals surface area contributed by atoms with Gasteiger partial charge in [-0.25, -0.2) is 8.42 Å². The van der Waals surface area contributed by atoms with Crippen LogP contribution in [0.4, 0.5) is 5.69 Å². The van der Waals surface area contributed by atoms with Gasteiger partial charge in [0, 0.05) is 31.3 Å². The number of likely N-dealkylation sites (N-methyl/N-ethyl adjacent to an activating group) is 1. The lowest BCUT2D eigenvalue weighted by Crippen LogP contribution is -2.41. The highest BCUT2D eigenvalue weighted by Gasteiger charge is 2.36. The fourth-order valence-electron chi connectivity index (χ4n) is 2.87. The van der Waals surface area contributed by atoms with E-state index in [9.17, 15) is 18.5 Å². The van der Waals surface area contributed by atoms with Gasteiger partial charge in [-0.05, 0) is 44.9 Å². The number of rotatable bonds is 5. The first-order valence-electron chi connectivity index (χ1n) is 7.21. The summed E-state index contributed by atoms with van der Waals surface area (Å²) in [7, 11) is -1.95. The van der Waals surface area contributed by atoms with Gasteiger partial charge in [-0.3, -0.25) is 10.1 Å². The Labute approximate surface area is 130 Å². The third-order valence-electron chi connectivity index (χ3n) is 4.16. The zero-order valence-corrected chi connectivity index (χ0v) is 13.8. The lowest BCUT2D eigenvalue weighted by Gasteiger charge is -2.25. The number of non-ortho nitro benzene ring substituents is 1. The van der Waals surface area contributed by atoms with E-state index in [1.165, 1.54) is 16.4 Å². The monoisotopic (exact) mass is 327 g/mol. The minimum absolute atomic E-state index is 0.0437. The van der Waals surface area contributed by atoms with Gasteiger partial charge >= 0.3 is 0 Å². The Bertz CT molecular complexity index is 688. The van der Waals surface area contributed by atoms with Crippen molar-refractivity contribution in [3.63, 3.8) is 0 Å². The molecule has 0 amide bonds. The highest BCUT2D eigenvalue weighted by atomic mass is 32.2. The summed E-state index contributed by atoms with van der Waals surface area (Å²) in [5, 5.41) is 14.0. The van der Waals surface area contributed by atoms with Crippen molar-refractivity contribution in [3.8, 4) is 0 Å². The van der Waals surface area contributed by atoms with Crippen LogP contribution in [0.15, 0.2) is 17.0 Å². The number of nitro groups is 1. The highest BCUT2D eigenvalue weighted by Crippen LogP contribution is 2.31. The van der Waals surface area contributed by atoms with E-state index >= 15 is 0 Å². The molecule has 1 unspecified atom stereocenters. The van der Waals surface area contributed by atoms with Crippen LogP contribution in [-0.2, 0) is 10.0 Å². The molecule has 1 N–H and O–H groups in total. The molecule has 1 saturated heterocycles. The average molecular weight is 327 g/mol. The van der Waals surface area contributed by atoms with Crippen molar-refractivity contribution in [1.29, 1.82) is 0 Å². The number of nitrogens with zero attached hydrogens (tertiary/aromatic N) is 2. The topological polar surface area (TPSA) is 92.6 Å². The fraction of sp³-hybridized carbons (Fsp3) is 0.571. The largest absolute Gasteiger partial charge is 0.318 e. The van der Waals surface area contributed by atoms with Gasteiger partial charge < -0.3 is 5.32 Å². The van der Waals surface area contributed by atoms with Crippen molar-refractivity contribution in [1.82, 2.24) is 9.62 Å². The summed E-state index contributed by atoms with van der Waals surface area (Å²) in [5.41, 5.74) is 0.990. The molecule has 1 atom stereocenters. The fourth-order valence-corrected chi connectivity index (χ4v) is 4.89. The number of sulfonamides is 1. The molecule has 22 heavy (non-hydrogen) atoms. The number of nitro benzene ring substituents is 1. The lowest BCUT2D eigenvalue weighted by atomic mass is 10.1. The molecule has 0 aromatic heterocycles. The van der Waals surface area contributed by atoms with Crippen LogP contribution in [0.3, 0.4) is 0 Å². The van der Waals surface area contributed by atoms with Gasteiger partial charge in [-0.2, -0.15) is 4.31 Å². The van der Waals surface area contributed by atoms with Crippen LogP contribution in [0, 0.1) is 24.0 Å². The van der Waals surface area contributed by atoms with Crippen molar-refractivity contribution in [3.05, 3.63) is 33.4 Å². The van der Waals surface area contributed by atoms with Crippen LogP contribution in [0.25, 0.3) is 0 Å². The number of nitrogens with one attached hydrogen (secondary N) is 1. The first-order valence-corrected chi connectivity index (χ1v) is 8.65. The zero-order chi connectivity index (χ0) is 16.5. The minimum atomic E-state index is -3.73. The second-order valence-corrected chi connectivity index (χ2v) is 7.47. The van der Waals surface area contributed by atoms with Crippen LogP contribution in [-0.4, -0.2) is 43.8 Å². The maximum absolute atomic E-state index is 12.9. The SMILES string of the molecule is CNCC1CCCN1S(=O)(=O)c1cc([N+](=O)[O-])cc(C)c1C. The Morgan fingerprint density at radius 3 is 2.68 bits per heavy atom. The molecule has 1 aromatic carbocycles. The molecule has 1 aliphatic rings. The number of hydrogen-bond donors (Lipinski definition) is 1. The van der Waals surface area contributed by atoms with E-state index in [0.29, 0.717) is 24.2 Å². The van der Waals surface area contributed by atoms with Gasteiger partial charge in [0.15, 0.2) is 0 Å². The van der Waals surface area contributed by atoms with Crippen molar-refractivity contribution in [2.45, 2.75) is 37.6 Å². The van der Waals surface area contributed by atoms with E-state index in [1.54, 1.807) is 20.9 Å². The number of hydrogen-bond acceptors (Lipinski definition) is 5. The van der Waals surface area contributed by atoms with Gasteiger partial charge in [-0.1, -0.05) is 0 Å². The van der Waals surface area contributed by atoms with E-state index in [-0.39, 0.29) is 16.6 Å². The van der Waals surface area contributed by atoms with Crippen molar-refractivity contribution < 1.29 is 13.3 Å². The van der Waals surface area contributed by atoms with Crippen molar-refractivity contribution >= 4 is 15.7 Å². The predicted octanol–water partition coefficient (Wildman–Crippen LogP) is 1.58. The van der Waals surface area contributed by atoms with Crippen molar-refractivity contribution in [2.24, 2.45) is 0 Å². The van der Waals surface area contributed by atoms with Gasteiger partial charge in [0.25, 0.3) is 5.69 Å². The van der Waals surface area contributed by atoms with Crippen LogP contribution in [0.1, 0.15) is 24.0 Å². The minimum Gasteiger partial charge on any atom is -0.318 e. The Morgan fingerprint density at radius 2 is 2.09 bits per heavy atom. The molecule has 7 nitrogen and oxygen atoms in total. The molecule has 1 heterocycles. The molecule has 1 fully saturated rings. The summed E-state index contributed by atoms with van der Waals surface area (Å²) in [6, 6.07) is 2.48. The van der Waals surface area contributed by atoms with Crippen LogP contribution >= 0.6 is 0 Å². The third kappa shape index (κ3) is 2.99. The summed E-state index contributed by atoms with van der Waals surface area (Å²) in [6.45, 7) is 4.41.